The number of carbonyl (C=O) groups is 1. The summed E-state index contributed by atoms with van der Waals surface area (Å²) in [6.45, 7) is 7.63. The van der Waals surface area contributed by atoms with E-state index in [9.17, 15) is 4.79 Å². The Morgan fingerprint density at radius 2 is 1.64 bits per heavy atom. The van der Waals surface area contributed by atoms with E-state index in [-0.39, 0.29) is 5.91 Å². The number of amides is 1. The highest BCUT2D eigenvalue weighted by molar-refractivity contribution is 5.93. The molecule has 1 aromatic carbocycles. The quantitative estimate of drug-likeness (QED) is 0.928. The zero-order valence-electron chi connectivity index (χ0n) is 15.1. The molecule has 25 heavy (non-hydrogen) atoms. The van der Waals surface area contributed by atoms with Gasteiger partial charge in [0, 0.05) is 44.3 Å². The van der Waals surface area contributed by atoms with Crippen LogP contribution in [0, 0.1) is 0 Å². The van der Waals surface area contributed by atoms with Crippen molar-refractivity contribution in [2.24, 2.45) is 0 Å². The van der Waals surface area contributed by atoms with Crippen LogP contribution >= 0.6 is 0 Å². The molecule has 0 spiro atoms. The summed E-state index contributed by atoms with van der Waals surface area (Å²) in [7, 11) is 2.07. The number of anilines is 2. The third-order valence-electron chi connectivity index (χ3n) is 4.52. The monoisotopic (exact) mass is 339 g/mol. The molecule has 0 unspecified atom stereocenters. The fraction of sp³-hybridized carbons (Fsp3) is 0.421. The Labute approximate surface area is 148 Å². The maximum atomic E-state index is 12.5. The van der Waals surface area contributed by atoms with Crippen LogP contribution in [0.25, 0.3) is 0 Å². The SMILES string of the molecule is CC(C)c1ccc(Nc2ncc(C(=O)N3CCN(C)CC3)cn2)cc1. The van der Waals surface area contributed by atoms with Crippen molar-refractivity contribution in [2.75, 3.05) is 38.5 Å². The van der Waals surface area contributed by atoms with Crippen LogP contribution < -0.4 is 5.32 Å². The number of aromatic nitrogens is 2. The van der Waals surface area contributed by atoms with Crippen molar-refractivity contribution in [1.82, 2.24) is 19.8 Å². The second kappa shape index (κ2) is 7.61. The Kier molecular flexibility index (Phi) is 5.28. The van der Waals surface area contributed by atoms with Gasteiger partial charge < -0.3 is 15.1 Å². The molecule has 1 amide bonds. The topological polar surface area (TPSA) is 61.4 Å². The summed E-state index contributed by atoms with van der Waals surface area (Å²) in [5, 5.41) is 3.17. The number of benzene rings is 1. The molecule has 1 N–H and O–H groups in total. The van der Waals surface area contributed by atoms with E-state index in [0.29, 0.717) is 17.4 Å². The van der Waals surface area contributed by atoms with E-state index in [2.05, 4.69) is 53.2 Å². The van der Waals surface area contributed by atoms with Gasteiger partial charge in [0.15, 0.2) is 0 Å². The van der Waals surface area contributed by atoms with E-state index in [4.69, 9.17) is 0 Å². The first-order valence-corrected chi connectivity index (χ1v) is 8.70. The number of nitrogens with one attached hydrogen (secondary N) is 1. The van der Waals surface area contributed by atoms with Gasteiger partial charge >= 0.3 is 0 Å². The van der Waals surface area contributed by atoms with E-state index < -0.39 is 0 Å². The molecule has 1 aromatic heterocycles. The van der Waals surface area contributed by atoms with Crippen molar-refractivity contribution < 1.29 is 4.79 Å². The van der Waals surface area contributed by atoms with Gasteiger partial charge in [0.1, 0.15) is 0 Å². The maximum Gasteiger partial charge on any atom is 0.257 e. The van der Waals surface area contributed by atoms with Crippen molar-refractivity contribution in [3.63, 3.8) is 0 Å². The first-order valence-electron chi connectivity index (χ1n) is 8.70. The lowest BCUT2D eigenvalue weighted by molar-refractivity contribution is 0.0663. The Morgan fingerprint density at radius 1 is 1.04 bits per heavy atom. The van der Waals surface area contributed by atoms with Crippen LogP contribution in [0.4, 0.5) is 11.6 Å². The van der Waals surface area contributed by atoms with Crippen LogP contribution in [0.1, 0.15) is 35.7 Å². The molecule has 3 rings (SSSR count). The maximum absolute atomic E-state index is 12.5. The van der Waals surface area contributed by atoms with Gasteiger partial charge in [0.05, 0.1) is 5.56 Å². The van der Waals surface area contributed by atoms with E-state index >= 15 is 0 Å². The lowest BCUT2D eigenvalue weighted by atomic mass is 10.0. The Morgan fingerprint density at radius 3 is 2.20 bits per heavy atom. The first-order chi connectivity index (χ1) is 12.0. The fourth-order valence-corrected chi connectivity index (χ4v) is 2.78. The number of hydrogen-bond acceptors (Lipinski definition) is 5. The molecule has 0 atom stereocenters. The Hall–Kier alpha value is -2.47. The van der Waals surface area contributed by atoms with Crippen molar-refractivity contribution in [3.05, 3.63) is 47.8 Å². The highest BCUT2D eigenvalue weighted by Crippen LogP contribution is 2.19. The van der Waals surface area contributed by atoms with Crippen molar-refractivity contribution in [2.45, 2.75) is 19.8 Å². The molecule has 1 aliphatic heterocycles. The van der Waals surface area contributed by atoms with Crippen molar-refractivity contribution >= 4 is 17.5 Å². The van der Waals surface area contributed by atoms with Crippen LogP contribution in [0.3, 0.4) is 0 Å². The summed E-state index contributed by atoms with van der Waals surface area (Å²) in [6, 6.07) is 8.22. The van der Waals surface area contributed by atoms with Gasteiger partial charge in [0.25, 0.3) is 5.91 Å². The number of nitrogens with zero attached hydrogens (tertiary/aromatic N) is 4. The summed E-state index contributed by atoms with van der Waals surface area (Å²) < 4.78 is 0. The molecule has 1 aliphatic rings. The van der Waals surface area contributed by atoms with Crippen LogP contribution in [0.15, 0.2) is 36.7 Å². The normalized spacial score (nSPS) is 15.4. The highest BCUT2D eigenvalue weighted by atomic mass is 16.2. The van der Waals surface area contributed by atoms with Gasteiger partial charge in [-0.15, -0.1) is 0 Å². The van der Waals surface area contributed by atoms with Crippen LogP contribution in [-0.4, -0.2) is 58.9 Å². The standard InChI is InChI=1S/C19H25N5O/c1-14(2)15-4-6-17(7-5-15)22-19-20-12-16(13-21-19)18(25)24-10-8-23(3)9-11-24/h4-7,12-14H,8-11H2,1-3H3,(H,20,21,22). The minimum atomic E-state index is 0.000867. The van der Waals surface area contributed by atoms with E-state index in [1.54, 1.807) is 12.4 Å². The molecule has 0 bridgehead atoms. The van der Waals surface area contributed by atoms with Gasteiger partial charge in [-0.25, -0.2) is 9.97 Å². The second-order valence-corrected chi connectivity index (χ2v) is 6.79. The van der Waals surface area contributed by atoms with Crippen LogP contribution in [-0.2, 0) is 0 Å². The third kappa shape index (κ3) is 4.33. The average molecular weight is 339 g/mol. The summed E-state index contributed by atoms with van der Waals surface area (Å²) >= 11 is 0. The molecular weight excluding hydrogens is 314 g/mol. The molecule has 2 aromatic rings. The predicted octanol–water partition coefficient (Wildman–Crippen LogP) is 2.73. The van der Waals surface area contributed by atoms with Gasteiger partial charge in [-0.2, -0.15) is 0 Å². The molecule has 0 saturated carbocycles. The smallest absolute Gasteiger partial charge is 0.257 e. The summed E-state index contributed by atoms with van der Waals surface area (Å²) in [6.07, 6.45) is 3.19. The summed E-state index contributed by atoms with van der Waals surface area (Å²) in [5.41, 5.74) is 2.76. The largest absolute Gasteiger partial charge is 0.336 e. The van der Waals surface area contributed by atoms with Gasteiger partial charge in [-0.05, 0) is 30.7 Å². The van der Waals surface area contributed by atoms with Crippen molar-refractivity contribution in [3.8, 4) is 0 Å². The Bertz CT molecular complexity index is 704. The van der Waals surface area contributed by atoms with E-state index in [0.717, 1.165) is 31.9 Å². The molecule has 1 saturated heterocycles. The van der Waals surface area contributed by atoms with E-state index in [1.165, 1.54) is 5.56 Å². The third-order valence-corrected chi connectivity index (χ3v) is 4.52. The highest BCUT2D eigenvalue weighted by Gasteiger charge is 2.20. The fourth-order valence-electron chi connectivity index (χ4n) is 2.78. The Balaban J connectivity index is 1.62. The zero-order chi connectivity index (χ0) is 17.8. The molecule has 1 fully saturated rings. The minimum Gasteiger partial charge on any atom is -0.336 e. The lowest BCUT2D eigenvalue weighted by Gasteiger charge is -2.32. The molecular formula is C19H25N5O. The molecule has 6 heteroatoms. The number of likely N-dealkylation sites (N-methyl/N-ethyl adjacent to an activating group) is 1. The summed E-state index contributed by atoms with van der Waals surface area (Å²) in [4.78, 5) is 25.1. The number of carbonyl (C=O) groups excluding carboxylic acids is 1. The van der Waals surface area contributed by atoms with E-state index in [1.807, 2.05) is 17.0 Å². The average Bonchev–Trinajstić information content (AvgIpc) is 2.63. The molecule has 2 heterocycles. The number of piperazine rings is 1. The van der Waals surface area contributed by atoms with Crippen molar-refractivity contribution in [1.29, 1.82) is 0 Å². The number of rotatable bonds is 4. The molecule has 0 radical (unpaired) electrons. The summed E-state index contributed by atoms with van der Waals surface area (Å²) in [5.74, 6) is 0.998. The van der Waals surface area contributed by atoms with Gasteiger partial charge in [-0.1, -0.05) is 26.0 Å². The molecule has 0 aliphatic carbocycles. The minimum absolute atomic E-state index is 0.000867. The predicted molar refractivity (Wildman–Crippen MR) is 99.2 cm³/mol. The molecule has 6 nitrogen and oxygen atoms in total. The van der Waals surface area contributed by atoms with Gasteiger partial charge in [0.2, 0.25) is 5.95 Å². The van der Waals surface area contributed by atoms with Gasteiger partial charge in [-0.3, -0.25) is 4.79 Å². The number of hydrogen-bond donors (Lipinski definition) is 1. The lowest BCUT2D eigenvalue weighted by Crippen LogP contribution is -2.47. The first kappa shape index (κ1) is 17.4. The van der Waals surface area contributed by atoms with Crippen LogP contribution in [0.5, 0.6) is 0 Å². The molecule has 132 valence electrons. The second-order valence-electron chi connectivity index (χ2n) is 6.79. The zero-order valence-corrected chi connectivity index (χ0v) is 15.1. The van der Waals surface area contributed by atoms with Crippen LogP contribution in [0.2, 0.25) is 0 Å².